The fourth-order valence-corrected chi connectivity index (χ4v) is 3.98. The first-order valence-electron chi connectivity index (χ1n) is 10.5. The van der Waals surface area contributed by atoms with Gasteiger partial charge in [-0.25, -0.2) is 15.0 Å². The molecule has 0 bridgehead atoms. The smallest absolute Gasteiger partial charge is 0.352 e. The highest BCUT2D eigenvalue weighted by molar-refractivity contribution is 5.62. The van der Waals surface area contributed by atoms with Crippen LogP contribution < -0.4 is 9.80 Å². The summed E-state index contributed by atoms with van der Waals surface area (Å²) in [4.78, 5) is 16.5. The van der Waals surface area contributed by atoms with Gasteiger partial charge in [-0.3, -0.25) is 0 Å². The molecule has 0 amide bonds. The molecule has 1 aromatic carbocycles. The minimum atomic E-state index is -4.51. The molecule has 11 heteroatoms. The van der Waals surface area contributed by atoms with E-state index in [0.29, 0.717) is 29.4 Å². The first kappa shape index (κ1) is 23.8. The standard InChI is InChI=1S/C23H21F6N5/c1-14-12-19(16-5-7-17(8-6-16)22(24,25)26)32-21(31-14)34-11-10-33(13-15(34)2)20-18(23(27,28)29)4-3-9-30-20/h3-9,12,15H,10-11,13H2,1-2H3. The minimum Gasteiger partial charge on any atom is -0.352 e. The lowest BCUT2D eigenvalue weighted by Gasteiger charge is -2.41. The summed E-state index contributed by atoms with van der Waals surface area (Å²) in [5.74, 6) is 0.260. The van der Waals surface area contributed by atoms with E-state index in [1.807, 2.05) is 11.8 Å². The lowest BCUT2D eigenvalue weighted by Crippen LogP contribution is -2.53. The van der Waals surface area contributed by atoms with Crippen LogP contribution in [0.3, 0.4) is 0 Å². The second-order valence-electron chi connectivity index (χ2n) is 8.13. The van der Waals surface area contributed by atoms with Crippen molar-refractivity contribution < 1.29 is 26.3 Å². The van der Waals surface area contributed by atoms with Crippen LogP contribution in [0.2, 0.25) is 0 Å². The van der Waals surface area contributed by atoms with Crippen molar-refractivity contribution in [3.8, 4) is 11.3 Å². The molecule has 1 fully saturated rings. The van der Waals surface area contributed by atoms with E-state index in [9.17, 15) is 26.3 Å². The van der Waals surface area contributed by atoms with Gasteiger partial charge in [0.15, 0.2) is 0 Å². The van der Waals surface area contributed by atoms with E-state index >= 15 is 0 Å². The Balaban J connectivity index is 1.57. The Morgan fingerprint density at radius 3 is 2.24 bits per heavy atom. The predicted molar refractivity (Wildman–Crippen MR) is 115 cm³/mol. The Kier molecular flexibility index (Phi) is 6.13. The summed E-state index contributed by atoms with van der Waals surface area (Å²) in [5, 5.41) is 0. The van der Waals surface area contributed by atoms with Crippen LogP contribution in [0.5, 0.6) is 0 Å². The molecule has 1 unspecified atom stereocenters. The minimum absolute atomic E-state index is 0.114. The molecule has 0 spiro atoms. The topological polar surface area (TPSA) is 45.2 Å². The van der Waals surface area contributed by atoms with E-state index in [1.165, 1.54) is 24.4 Å². The molecule has 34 heavy (non-hydrogen) atoms. The first-order chi connectivity index (χ1) is 15.9. The Bertz CT molecular complexity index is 1160. The van der Waals surface area contributed by atoms with Crippen LogP contribution >= 0.6 is 0 Å². The largest absolute Gasteiger partial charge is 0.419 e. The number of alkyl halides is 6. The maximum atomic E-state index is 13.4. The molecule has 1 aliphatic rings. The molecule has 3 heterocycles. The summed E-state index contributed by atoms with van der Waals surface area (Å²) in [6, 6.07) is 8.42. The number of piperazine rings is 1. The van der Waals surface area contributed by atoms with Crippen LogP contribution in [0.4, 0.5) is 38.1 Å². The second-order valence-corrected chi connectivity index (χ2v) is 8.13. The normalized spacial score (nSPS) is 17.2. The van der Waals surface area contributed by atoms with Crippen molar-refractivity contribution in [1.29, 1.82) is 0 Å². The summed E-state index contributed by atoms with van der Waals surface area (Å²) in [7, 11) is 0. The van der Waals surface area contributed by atoms with Crippen molar-refractivity contribution in [2.45, 2.75) is 32.2 Å². The zero-order chi connectivity index (χ0) is 24.7. The molecule has 4 rings (SSSR count). The molecule has 0 N–H and O–H groups in total. The van der Waals surface area contributed by atoms with Gasteiger partial charge in [0, 0.05) is 43.1 Å². The Morgan fingerprint density at radius 2 is 1.62 bits per heavy atom. The van der Waals surface area contributed by atoms with Gasteiger partial charge in [-0.15, -0.1) is 0 Å². The molecule has 1 aliphatic heterocycles. The molecule has 0 radical (unpaired) electrons. The van der Waals surface area contributed by atoms with Crippen molar-refractivity contribution in [3.63, 3.8) is 0 Å². The number of aryl methyl sites for hydroxylation is 1. The molecule has 5 nitrogen and oxygen atoms in total. The molecule has 2 aromatic heterocycles. The molecule has 1 saturated heterocycles. The van der Waals surface area contributed by atoms with Crippen LogP contribution in [0.15, 0.2) is 48.7 Å². The maximum absolute atomic E-state index is 13.4. The van der Waals surface area contributed by atoms with Gasteiger partial charge in [0.05, 0.1) is 16.8 Å². The van der Waals surface area contributed by atoms with E-state index in [1.54, 1.807) is 17.9 Å². The fraction of sp³-hybridized carbons (Fsp3) is 0.348. The third kappa shape index (κ3) is 4.92. The molecule has 0 saturated carbocycles. The highest BCUT2D eigenvalue weighted by Crippen LogP contribution is 2.36. The zero-order valence-corrected chi connectivity index (χ0v) is 18.3. The number of anilines is 2. The van der Waals surface area contributed by atoms with E-state index < -0.39 is 23.5 Å². The number of rotatable bonds is 3. The van der Waals surface area contributed by atoms with Crippen molar-refractivity contribution in [2.75, 3.05) is 29.4 Å². The number of halogens is 6. The second kappa shape index (κ2) is 8.77. The fourth-order valence-electron chi connectivity index (χ4n) is 3.98. The van der Waals surface area contributed by atoms with Gasteiger partial charge in [-0.05, 0) is 44.2 Å². The van der Waals surface area contributed by atoms with Gasteiger partial charge in [0.25, 0.3) is 0 Å². The van der Waals surface area contributed by atoms with Crippen molar-refractivity contribution in [2.24, 2.45) is 0 Å². The van der Waals surface area contributed by atoms with E-state index in [2.05, 4.69) is 15.0 Å². The Morgan fingerprint density at radius 1 is 0.912 bits per heavy atom. The summed E-state index contributed by atoms with van der Waals surface area (Å²) < 4.78 is 78.9. The van der Waals surface area contributed by atoms with Crippen LogP contribution in [-0.2, 0) is 12.4 Å². The average Bonchev–Trinajstić information content (AvgIpc) is 2.77. The number of nitrogens with zero attached hydrogens (tertiary/aromatic N) is 5. The van der Waals surface area contributed by atoms with E-state index in [-0.39, 0.29) is 24.9 Å². The van der Waals surface area contributed by atoms with Gasteiger partial charge >= 0.3 is 12.4 Å². The Hall–Kier alpha value is -3.37. The van der Waals surface area contributed by atoms with Crippen LogP contribution in [-0.4, -0.2) is 40.6 Å². The quantitative estimate of drug-likeness (QED) is 0.456. The molecule has 1 atom stereocenters. The van der Waals surface area contributed by atoms with Gasteiger partial charge in [-0.1, -0.05) is 12.1 Å². The van der Waals surface area contributed by atoms with Crippen LogP contribution in [0, 0.1) is 6.92 Å². The van der Waals surface area contributed by atoms with Crippen molar-refractivity contribution in [1.82, 2.24) is 15.0 Å². The number of benzene rings is 1. The van der Waals surface area contributed by atoms with Gasteiger partial charge in [0.2, 0.25) is 5.95 Å². The summed E-state index contributed by atoms with van der Waals surface area (Å²) >= 11 is 0. The predicted octanol–water partition coefficient (Wildman–Crippen LogP) is 5.60. The molecule has 3 aromatic rings. The maximum Gasteiger partial charge on any atom is 0.419 e. The SMILES string of the molecule is Cc1cc(-c2ccc(C(F)(F)F)cc2)nc(N2CCN(c3ncccc3C(F)(F)F)CC2C)n1. The Labute approximate surface area is 192 Å². The van der Waals surface area contributed by atoms with Crippen molar-refractivity contribution in [3.05, 3.63) is 65.5 Å². The van der Waals surface area contributed by atoms with Crippen molar-refractivity contribution >= 4 is 11.8 Å². The van der Waals surface area contributed by atoms with Gasteiger partial charge in [-0.2, -0.15) is 26.3 Å². The van der Waals surface area contributed by atoms with E-state index in [0.717, 1.165) is 18.2 Å². The molecular weight excluding hydrogens is 460 g/mol. The van der Waals surface area contributed by atoms with E-state index in [4.69, 9.17) is 0 Å². The molecule has 180 valence electrons. The van der Waals surface area contributed by atoms with Crippen LogP contribution in [0.25, 0.3) is 11.3 Å². The number of hydrogen-bond acceptors (Lipinski definition) is 5. The zero-order valence-electron chi connectivity index (χ0n) is 18.3. The first-order valence-corrected chi connectivity index (χ1v) is 10.5. The third-order valence-corrected chi connectivity index (χ3v) is 5.63. The molecule has 0 aliphatic carbocycles. The summed E-state index contributed by atoms with van der Waals surface area (Å²) in [6.45, 7) is 4.50. The van der Waals surface area contributed by atoms with Crippen LogP contribution in [0.1, 0.15) is 23.7 Å². The summed E-state index contributed by atoms with van der Waals surface area (Å²) in [5.41, 5.74) is 0.0645. The number of hydrogen-bond donors (Lipinski definition) is 0. The number of pyridine rings is 1. The molecular formula is C23H21F6N5. The highest BCUT2D eigenvalue weighted by Gasteiger charge is 2.37. The summed E-state index contributed by atoms with van der Waals surface area (Å²) in [6.07, 6.45) is -7.61. The van der Waals surface area contributed by atoms with Gasteiger partial charge in [0.1, 0.15) is 5.82 Å². The highest BCUT2D eigenvalue weighted by atomic mass is 19.4. The monoisotopic (exact) mass is 481 g/mol. The third-order valence-electron chi connectivity index (χ3n) is 5.63. The lowest BCUT2D eigenvalue weighted by atomic mass is 10.1. The lowest BCUT2D eigenvalue weighted by molar-refractivity contribution is -0.138. The average molecular weight is 481 g/mol. The van der Waals surface area contributed by atoms with Gasteiger partial charge < -0.3 is 9.80 Å². The number of aromatic nitrogens is 3.